The molecule has 2 aromatic rings. The maximum absolute atomic E-state index is 12.6. The van der Waals surface area contributed by atoms with Crippen LogP contribution in [0.4, 0.5) is 30.2 Å². The van der Waals surface area contributed by atoms with Crippen LogP contribution in [0.2, 0.25) is 0 Å². The molecule has 0 radical (unpaired) electrons. The van der Waals surface area contributed by atoms with Gasteiger partial charge in [0.2, 0.25) is 0 Å². The molecule has 2 nitrogen and oxygen atoms in total. The molecule has 1 N–H and O–H groups in total. The van der Waals surface area contributed by atoms with E-state index in [4.69, 9.17) is 0 Å². The molecule has 2 rings (SSSR count). The smallest absolute Gasteiger partial charge is 0.681 e. The van der Waals surface area contributed by atoms with E-state index in [-0.39, 0.29) is 51.4 Å². The first-order valence-electron chi connectivity index (χ1n) is 7.53. The molecule has 0 bridgehead atoms. The molecule has 0 saturated heterocycles. The summed E-state index contributed by atoms with van der Waals surface area (Å²) < 4.78 is 37.8. The zero-order valence-electron chi connectivity index (χ0n) is 14.4. The summed E-state index contributed by atoms with van der Waals surface area (Å²) in [4.78, 5) is 0. The number of nitrogens with zero attached hydrogens (tertiary/aromatic N) is 1. The van der Waals surface area contributed by atoms with Crippen molar-refractivity contribution in [3.8, 4) is 0 Å². The fraction of sp³-hybridized carbons (Fsp3) is 0.158. The molecule has 0 amide bonds. The minimum atomic E-state index is -4.34. The molecule has 0 aliphatic heterocycles. The van der Waals surface area contributed by atoms with E-state index >= 15 is 0 Å². The molecule has 0 spiro atoms. The van der Waals surface area contributed by atoms with Crippen LogP contribution in [0, 0.1) is 0 Å². The number of nitrogens with one attached hydrogen (secondary N) is 1. The van der Waals surface area contributed by atoms with Crippen molar-refractivity contribution >= 4 is 39.1 Å². The second-order valence-electron chi connectivity index (χ2n) is 5.14. The maximum atomic E-state index is 12.6. The van der Waals surface area contributed by atoms with Gasteiger partial charge in [-0.1, -0.05) is 46.8 Å². The van der Waals surface area contributed by atoms with Crippen molar-refractivity contribution in [1.29, 1.82) is 0 Å². The number of rotatable bonds is 7. The number of allylic oxidation sites excluding steroid dienone is 1. The minimum Gasteiger partial charge on any atom is -0.681 e. The third-order valence-electron chi connectivity index (χ3n) is 3.38. The first kappa shape index (κ1) is 23.5. The summed E-state index contributed by atoms with van der Waals surface area (Å²) in [5, 5.41) is 8.32. The Morgan fingerprint density at radius 1 is 1.08 bits per heavy atom. The van der Waals surface area contributed by atoms with Gasteiger partial charge in [-0.25, -0.2) is 0 Å². The number of hydrogen-bond acceptors (Lipinski definition) is 1. The van der Waals surface area contributed by atoms with Crippen LogP contribution >= 0.6 is 15.9 Å². The van der Waals surface area contributed by atoms with Crippen LogP contribution in [0.15, 0.2) is 61.2 Å². The molecule has 0 heterocycles. The molecule has 0 unspecified atom stereocenters. The number of alkyl halides is 4. The molecule has 26 heavy (non-hydrogen) atoms. The van der Waals surface area contributed by atoms with E-state index in [2.05, 4.69) is 33.1 Å². The Balaban J connectivity index is 0.00000338. The van der Waals surface area contributed by atoms with Gasteiger partial charge in [0.15, 0.2) is 0 Å². The summed E-state index contributed by atoms with van der Waals surface area (Å²) in [6.07, 6.45) is 1.27. The van der Waals surface area contributed by atoms with Gasteiger partial charge in [0.05, 0.1) is 5.56 Å². The summed E-state index contributed by atoms with van der Waals surface area (Å²) in [6.45, 7) is 4.36. The standard InChI is InChI=1S/C19H17BrF3N2.K/c1-2-14-13-17(24-12-4-3-11-20)9-10-18(14)25-16-7-5-15(6-8-16)19(21,22)23;/h2-10,13,25H,1,11-12H2;/q-1;+1/b4-3+;. The summed E-state index contributed by atoms with van der Waals surface area (Å²) in [5.41, 5.74) is 2.29. The molecule has 2 aromatic carbocycles. The third-order valence-corrected chi connectivity index (χ3v) is 3.76. The number of hydrogen-bond donors (Lipinski definition) is 1. The SMILES string of the molecule is C=Cc1cc([N-]C/C=C/CBr)ccc1Nc1ccc(C(F)(F)F)cc1.[K+]. The van der Waals surface area contributed by atoms with Crippen LogP contribution in [0.3, 0.4) is 0 Å². The Morgan fingerprint density at radius 3 is 2.35 bits per heavy atom. The van der Waals surface area contributed by atoms with Crippen molar-refractivity contribution in [3.63, 3.8) is 0 Å². The largest absolute Gasteiger partial charge is 1.00 e. The molecule has 0 aliphatic carbocycles. The molecule has 0 fully saturated rings. The molecule has 0 saturated carbocycles. The quantitative estimate of drug-likeness (QED) is 0.385. The first-order valence-corrected chi connectivity index (χ1v) is 8.65. The summed E-state index contributed by atoms with van der Waals surface area (Å²) in [5.74, 6) is 0. The van der Waals surface area contributed by atoms with Gasteiger partial charge in [-0.3, -0.25) is 0 Å². The molecule has 132 valence electrons. The molecule has 0 atom stereocenters. The van der Waals surface area contributed by atoms with Gasteiger partial charge in [-0.15, -0.1) is 18.3 Å². The first-order chi connectivity index (χ1) is 11.9. The van der Waals surface area contributed by atoms with E-state index in [9.17, 15) is 13.2 Å². The van der Waals surface area contributed by atoms with Gasteiger partial charge in [0.25, 0.3) is 0 Å². The van der Waals surface area contributed by atoms with E-state index in [1.54, 1.807) is 6.08 Å². The van der Waals surface area contributed by atoms with Gasteiger partial charge in [-0.2, -0.15) is 13.2 Å². The number of halogens is 4. The average Bonchev–Trinajstić information content (AvgIpc) is 2.59. The molecular weight excluding hydrogens is 432 g/mol. The van der Waals surface area contributed by atoms with Crippen LogP contribution in [-0.2, 0) is 6.18 Å². The van der Waals surface area contributed by atoms with Gasteiger partial charge in [0, 0.05) is 16.7 Å². The predicted molar refractivity (Wildman–Crippen MR) is 102 cm³/mol. The third kappa shape index (κ3) is 7.21. The normalized spacial score (nSPS) is 11.1. The van der Waals surface area contributed by atoms with Gasteiger partial charge in [0.1, 0.15) is 0 Å². The van der Waals surface area contributed by atoms with Crippen LogP contribution in [0.25, 0.3) is 11.4 Å². The zero-order chi connectivity index (χ0) is 18.3. The van der Waals surface area contributed by atoms with Gasteiger partial charge < -0.3 is 10.6 Å². The fourth-order valence-electron chi connectivity index (χ4n) is 2.12. The second kappa shape index (κ2) is 11.3. The summed E-state index contributed by atoms with van der Waals surface area (Å²) in [7, 11) is 0. The Hall–Kier alpha value is -0.574. The molecular formula is C19H17BrF3KN2. The Kier molecular flexibility index (Phi) is 10.2. The Bertz CT molecular complexity index is 743. The van der Waals surface area contributed by atoms with Gasteiger partial charge >= 0.3 is 57.6 Å². The van der Waals surface area contributed by atoms with Crippen molar-refractivity contribution in [2.75, 3.05) is 17.2 Å². The van der Waals surface area contributed by atoms with Gasteiger partial charge in [-0.05, 0) is 35.9 Å². The second-order valence-corrected chi connectivity index (χ2v) is 5.79. The van der Waals surface area contributed by atoms with E-state index in [1.807, 2.05) is 30.4 Å². The van der Waals surface area contributed by atoms with Crippen LogP contribution in [0.5, 0.6) is 0 Å². The van der Waals surface area contributed by atoms with Crippen LogP contribution in [0.1, 0.15) is 11.1 Å². The van der Waals surface area contributed by atoms with Crippen LogP contribution < -0.4 is 56.7 Å². The fourth-order valence-corrected chi connectivity index (χ4v) is 2.39. The van der Waals surface area contributed by atoms with Crippen LogP contribution in [-0.4, -0.2) is 11.9 Å². The summed E-state index contributed by atoms with van der Waals surface area (Å²) in [6, 6.07) is 10.5. The minimum absolute atomic E-state index is 0. The van der Waals surface area contributed by atoms with Crippen molar-refractivity contribution in [1.82, 2.24) is 0 Å². The Labute approximate surface area is 202 Å². The molecule has 0 aliphatic rings. The zero-order valence-corrected chi connectivity index (χ0v) is 19.1. The van der Waals surface area contributed by atoms with E-state index in [0.29, 0.717) is 12.2 Å². The monoisotopic (exact) mass is 448 g/mol. The van der Waals surface area contributed by atoms with E-state index in [1.165, 1.54) is 12.1 Å². The average molecular weight is 449 g/mol. The topological polar surface area (TPSA) is 26.1 Å². The molecule has 7 heteroatoms. The Morgan fingerprint density at radius 2 is 1.77 bits per heavy atom. The number of anilines is 2. The summed E-state index contributed by atoms with van der Waals surface area (Å²) >= 11 is 3.30. The number of benzene rings is 2. The molecule has 0 aromatic heterocycles. The van der Waals surface area contributed by atoms with E-state index < -0.39 is 11.7 Å². The van der Waals surface area contributed by atoms with Crippen molar-refractivity contribution in [3.05, 3.63) is 77.6 Å². The predicted octanol–water partition coefficient (Wildman–Crippen LogP) is 4.05. The van der Waals surface area contributed by atoms with Crippen molar-refractivity contribution in [2.45, 2.75) is 6.18 Å². The van der Waals surface area contributed by atoms with Crippen molar-refractivity contribution < 1.29 is 64.6 Å². The maximum Gasteiger partial charge on any atom is 1.00 e. The van der Waals surface area contributed by atoms with Crippen molar-refractivity contribution in [2.24, 2.45) is 0 Å². The van der Waals surface area contributed by atoms with E-state index in [0.717, 1.165) is 34.4 Å².